The van der Waals surface area contributed by atoms with E-state index in [2.05, 4.69) is 46.1 Å². The molecule has 0 bridgehead atoms. The van der Waals surface area contributed by atoms with Crippen molar-refractivity contribution in [1.29, 1.82) is 0 Å². The summed E-state index contributed by atoms with van der Waals surface area (Å²) in [6.07, 6.45) is 0. The number of likely N-dealkylation sites (N-methyl/N-ethyl adjacent to an activating group) is 1. The average molecular weight is 272 g/mol. The molecule has 84 valence electrons. The molecule has 0 heterocycles. The number of benzene rings is 1. The molecular weight excluding hydrogens is 254 g/mol. The Morgan fingerprint density at radius 3 is 2.87 bits per heavy atom. The van der Waals surface area contributed by atoms with Gasteiger partial charge in [-0.2, -0.15) is 0 Å². The minimum Gasteiger partial charge on any atom is -0.380 e. The van der Waals surface area contributed by atoms with Crippen LogP contribution in [-0.2, 0) is 11.3 Å². The van der Waals surface area contributed by atoms with E-state index in [4.69, 9.17) is 4.74 Å². The second-order valence-corrected chi connectivity index (χ2v) is 4.48. The molecule has 0 atom stereocenters. The molecule has 0 radical (unpaired) electrons. The van der Waals surface area contributed by atoms with Crippen LogP contribution in [0.5, 0.6) is 0 Å². The Bertz CT molecular complexity index is 291. The highest BCUT2D eigenvalue weighted by Crippen LogP contribution is 2.12. The van der Waals surface area contributed by atoms with Crippen LogP contribution < -0.4 is 0 Å². The third-order valence-corrected chi connectivity index (χ3v) is 2.66. The summed E-state index contributed by atoms with van der Waals surface area (Å²) in [6.45, 7) is 5.56. The van der Waals surface area contributed by atoms with Crippen molar-refractivity contribution >= 4 is 15.9 Å². The van der Waals surface area contributed by atoms with E-state index in [9.17, 15) is 0 Å². The van der Waals surface area contributed by atoms with Gasteiger partial charge >= 0.3 is 0 Å². The normalized spacial score (nSPS) is 10.9. The number of hydrogen-bond donors (Lipinski definition) is 0. The van der Waals surface area contributed by atoms with Crippen molar-refractivity contribution in [3.63, 3.8) is 0 Å². The molecule has 1 aromatic rings. The van der Waals surface area contributed by atoms with Crippen LogP contribution in [0.3, 0.4) is 0 Å². The van der Waals surface area contributed by atoms with E-state index in [0.29, 0.717) is 0 Å². The largest absolute Gasteiger partial charge is 0.380 e. The molecule has 0 fully saturated rings. The smallest absolute Gasteiger partial charge is 0.0593 e. The highest BCUT2D eigenvalue weighted by molar-refractivity contribution is 9.10. The predicted octanol–water partition coefficient (Wildman–Crippen LogP) is 2.92. The van der Waals surface area contributed by atoms with Crippen LogP contribution in [0.25, 0.3) is 0 Å². The van der Waals surface area contributed by atoms with Gasteiger partial charge < -0.3 is 4.74 Å². The van der Waals surface area contributed by atoms with E-state index >= 15 is 0 Å². The van der Waals surface area contributed by atoms with E-state index in [1.807, 2.05) is 13.0 Å². The van der Waals surface area contributed by atoms with Gasteiger partial charge in [0, 0.05) is 24.2 Å². The second-order valence-electron chi connectivity index (χ2n) is 3.56. The first-order valence-electron chi connectivity index (χ1n) is 5.23. The first-order chi connectivity index (χ1) is 7.22. The number of rotatable bonds is 6. The molecule has 1 aromatic carbocycles. The fourth-order valence-corrected chi connectivity index (χ4v) is 1.84. The van der Waals surface area contributed by atoms with Crippen LogP contribution in [0.15, 0.2) is 28.7 Å². The molecule has 0 amide bonds. The first-order valence-corrected chi connectivity index (χ1v) is 6.02. The Labute approximate surface area is 100 Å². The Kier molecular flexibility index (Phi) is 5.91. The fraction of sp³-hybridized carbons (Fsp3) is 0.500. The van der Waals surface area contributed by atoms with Gasteiger partial charge in [-0.25, -0.2) is 0 Å². The first kappa shape index (κ1) is 12.7. The molecule has 0 saturated carbocycles. The van der Waals surface area contributed by atoms with E-state index in [1.165, 1.54) is 5.56 Å². The maximum Gasteiger partial charge on any atom is 0.0593 e. The van der Waals surface area contributed by atoms with E-state index < -0.39 is 0 Å². The zero-order valence-electron chi connectivity index (χ0n) is 9.37. The van der Waals surface area contributed by atoms with Crippen LogP contribution in [0.4, 0.5) is 0 Å². The quantitative estimate of drug-likeness (QED) is 0.738. The summed E-state index contributed by atoms with van der Waals surface area (Å²) in [6, 6.07) is 8.40. The topological polar surface area (TPSA) is 12.5 Å². The SMILES string of the molecule is CCOCCN(C)Cc1cccc(Br)c1. The summed E-state index contributed by atoms with van der Waals surface area (Å²) < 4.78 is 6.45. The lowest BCUT2D eigenvalue weighted by atomic mass is 10.2. The molecule has 0 aliphatic rings. The lowest BCUT2D eigenvalue weighted by Gasteiger charge is -2.16. The fourth-order valence-electron chi connectivity index (χ4n) is 1.39. The molecule has 15 heavy (non-hydrogen) atoms. The van der Waals surface area contributed by atoms with Crippen LogP contribution in [0, 0.1) is 0 Å². The van der Waals surface area contributed by atoms with E-state index in [1.54, 1.807) is 0 Å². The average Bonchev–Trinajstić information content (AvgIpc) is 2.18. The number of ether oxygens (including phenoxy) is 1. The van der Waals surface area contributed by atoms with Gasteiger partial charge in [-0.1, -0.05) is 28.1 Å². The predicted molar refractivity (Wildman–Crippen MR) is 67.0 cm³/mol. The van der Waals surface area contributed by atoms with Crippen LogP contribution >= 0.6 is 15.9 Å². The third-order valence-electron chi connectivity index (χ3n) is 2.16. The molecule has 0 aromatic heterocycles. The monoisotopic (exact) mass is 271 g/mol. The molecule has 0 spiro atoms. The number of hydrogen-bond acceptors (Lipinski definition) is 2. The Morgan fingerprint density at radius 2 is 2.20 bits per heavy atom. The van der Waals surface area contributed by atoms with E-state index in [-0.39, 0.29) is 0 Å². The van der Waals surface area contributed by atoms with Gasteiger partial charge in [-0.3, -0.25) is 4.90 Å². The van der Waals surface area contributed by atoms with Crippen molar-refractivity contribution in [3.8, 4) is 0 Å². The Hall–Kier alpha value is -0.380. The third kappa shape index (κ3) is 5.30. The number of halogens is 1. The molecule has 2 nitrogen and oxygen atoms in total. The summed E-state index contributed by atoms with van der Waals surface area (Å²) in [5.41, 5.74) is 1.32. The highest BCUT2D eigenvalue weighted by atomic mass is 79.9. The van der Waals surface area contributed by atoms with Crippen molar-refractivity contribution in [2.24, 2.45) is 0 Å². The van der Waals surface area contributed by atoms with Crippen LogP contribution in [0.2, 0.25) is 0 Å². The van der Waals surface area contributed by atoms with E-state index in [0.717, 1.165) is 30.8 Å². The highest BCUT2D eigenvalue weighted by Gasteiger charge is 2.00. The van der Waals surface area contributed by atoms with Gasteiger partial charge in [0.05, 0.1) is 6.61 Å². The van der Waals surface area contributed by atoms with Gasteiger partial charge in [0.15, 0.2) is 0 Å². The number of nitrogens with zero attached hydrogens (tertiary/aromatic N) is 1. The van der Waals surface area contributed by atoms with Crippen molar-refractivity contribution in [3.05, 3.63) is 34.3 Å². The summed E-state index contributed by atoms with van der Waals surface area (Å²) in [4.78, 5) is 2.26. The minimum atomic E-state index is 0.796. The lowest BCUT2D eigenvalue weighted by molar-refractivity contribution is 0.120. The molecule has 0 N–H and O–H groups in total. The zero-order valence-corrected chi connectivity index (χ0v) is 11.0. The van der Waals surface area contributed by atoms with Gasteiger partial charge in [-0.15, -0.1) is 0 Å². The zero-order chi connectivity index (χ0) is 11.1. The molecular formula is C12H18BrNO. The lowest BCUT2D eigenvalue weighted by Crippen LogP contribution is -2.22. The Balaban J connectivity index is 2.34. The van der Waals surface area contributed by atoms with Gasteiger partial charge in [0.1, 0.15) is 0 Å². The molecule has 0 unspecified atom stereocenters. The molecule has 0 aliphatic heterocycles. The van der Waals surface area contributed by atoms with Crippen molar-refractivity contribution in [1.82, 2.24) is 4.90 Å². The van der Waals surface area contributed by atoms with Crippen molar-refractivity contribution < 1.29 is 4.74 Å². The summed E-state index contributed by atoms with van der Waals surface area (Å²) in [5, 5.41) is 0. The molecule has 3 heteroatoms. The summed E-state index contributed by atoms with van der Waals surface area (Å²) in [7, 11) is 2.11. The summed E-state index contributed by atoms with van der Waals surface area (Å²) in [5.74, 6) is 0. The second kappa shape index (κ2) is 6.99. The molecule has 0 aliphatic carbocycles. The minimum absolute atomic E-state index is 0.796. The Morgan fingerprint density at radius 1 is 1.40 bits per heavy atom. The van der Waals surface area contributed by atoms with Crippen molar-refractivity contribution in [2.45, 2.75) is 13.5 Å². The van der Waals surface area contributed by atoms with Gasteiger partial charge in [0.2, 0.25) is 0 Å². The van der Waals surface area contributed by atoms with Gasteiger partial charge in [0.25, 0.3) is 0 Å². The molecule has 1 rings (SSSR count). The molecule has 0 saturated heterocycles. The maximum atomic E-state index is 5.31. The van der Waals surface area contributed by atoms with Gasteiger partial charge in [-0.05, 0) is 31.7 Å². The van der Waals surface area contributed by atoms with Crippen LogP contribution in [-0.4, -0.2) is 31.7 Å². The van der Waals surface area contributed by atoms with Crippen LogP contribution in [0.1, 0.15) is 12.5 Å². The maximum absolute atomic E-state index is 5.31. The standard InChI is InChI=1S/C12H18BrNO/c1-3-15-8-7-14(2)10-11-5-4-6-12(13)9-11/h4-6,9H,3,7-8,10H2,1-2H3. The van der Waals surface area contributed by atoms with Crippen molar-refractivity contribution in [2.75, 3.05) is 26.8 Å². The summed E-state index contributed by atoms with van der Waals surface area (Å²) >= 11 is 3.47.